The van der Waals surface area contributed by atoms with E-state index < -0.39 is 96.2 Å². The van der Waals surface area contributed by atoms with Crippen LogP contribution in [0.3, 0.4) is 0 Å². The minimum atomic E-state index is -1.71. The summed E-state index contributed by atoms with van der Waals surface area (Å²) in [6.45, 7) is 15.6. The van der Waals surface area contributed by atoms with Gasteiger partial charge in [0.05, 0.1) is 47.6 Å². The van der Waals surface area contributed by atoms with Crippen LogP contribution in [0.25, 0.3) is 0 Å². The van der Waals surface area contributed by atoms with Gasteiger partial charge in [-0.05, 0) is 68.0 Å². The van der Waals surface area contributed by atoms with E-state index >= 15 is 0 Å². The lowest BCUT2D eigenvalue weighted by molar-refractivity contribution is -0.317. The molecule has 0 aromatic carbocycles. The highest BCUT2D eigenvalue weighted by atomic mass is 16.7. The van der Waals surface area contributed by atoms with Crippen LogP contribution in [0.1, 0.15) is 94.4 Å². The minimum Gasteiger partial charge on any atom is -0.462 e. The number of rotatable bonds is 7. The Hall–Kier alpha value is -1.26. The van der Waals surface area contributed by atoms with Gasteiger partial charge in [0.1, 0.15) is 24.1 Å². The molecular weight excluding hydrogens is 638 g/mol. The molecule has 0 bridgehead atoms. The topological polar surface area (TPSA) is 174 Å². The van der Waals surface area contributed by atoms with Gasteiger partial charge in [-0.3, -0.25) is 9.59 Å². The predicted molar refractivity (Wildman–Crippen MR) is 180 cm³/mol. The Labute approximate surface area is 292 Å². The Balaban J connectivity index is 2.13. The fourth-order valence-corrected chi connectivity index (χ4v) is 7.93. The number of carbonyl (C=O) groups is 2. The largest absolute Gasteiger partial charge is 0.462 e. The van der Waals surface area contributed by atoms with Crippen LogP contribution in [-0.2, 0) is 38.0 Å². The van der Waals surface area contributed by atoms with Crippen LogP contribution in [0.15, 0.2) is 0 Å². The van der Waals surface area contributed by atoms with E-state index in [9.17, 15) is 30.0 Å². The van der Waals surface area contributed by atoms with Gasteiger partial charge in [0.15, 0.2) is 12.6 Å². The Kier molecular flexibility index (Phi) is 14.7. The Morgan fingerprint density at radius 1 is 0.918 bits per heavy atom. The van der Waals surface area contributed by atoms with Gasteiger partial charge in [0.25, 0.3) is 0 Å². The Morgan fingerprint density at radius 2 is 1.55 bits per heavy atom. The highest BCUT2D eigenvalue weighted by Crippen LogP contribution is 2.40. The van der Waals surface area contributed by atoms with E-state index in [1.807, 2.05) is 32.8 Å². The molecule has 0 saturated carbocycles. The maximum Gasteiger partial charge on any atom is 0.311 e. The molecule has 4 N–H and O–H groups in total. The normalized spacial score (nSPS) is 48.2. The number of hydrogen-bond donors (Lipinski definition) is 4. The molecule has 3 fully saturated rings. The highest BCUT2D eigenvalue weighted by Gasteiger charge is 2.52. The number of esters is 1. The van der Waals surface area contributed by atoms with Gasteiger partial charge < -0.3 is 53.7 Å². The summed E-state index contributed by atoms with van der Waals surface area (Å²) in [6, 6.07) is -0.294. The average Bonchev–Trinajstić information content (AvgIpc) is 3.03. The van der Waals surface area contributed by atoms with Crippen molar-refractivity contribution in [1.82, 2.24) is 4.90 Å². The molecule has 13 heteroatoms. The molecule has 286 valence electrons. The fourth-order valence-electron chi connectivity index (χ4n) is 7.93. The second-order valence-electron chi connectivity index (χ2n) is 15.7. The number of likely N-dealkylation sites (N-methyl/N-ethyl adjacent to an activating group) is 1. The van der Waals surface area contributed by atoms with Crippen LogP contribution < -0.4 is 0 Å². The number of nitrogens with zero attached hydrogens (tertiary/aromatic N) is 1. The number of aliphatic hydroxyl groups is 4. The summed E-state index contributed by atoms with van der Waals surface area (Å²) in [5.74, 6) is -3.97. The molecule has 17 atom stereocenters. The number of ketones is 1. The molecule has 3 aliphatic heterocycles. The first-order valence-electron chi connectivity index (χ1n) is 18.0. The Bertz CT molecular complexity index is 1090. The standard InChI is InChI=1S/C36H65NO12/c1-13-24-15-26(38)20(4)28(39)18(2)16-35(8,43)32(49-34-29(40)25(37(10)11)14-19(3)45-34)21(5)30(22(6)33(42)47-24)48-27-17-36(9,44-12)31(41)23(7)46-27/h18-27,29-32,34,38,40-41,43H,13-17H2,1-12H3/t18-,19-,20-,21+,22-,23+,24-,25+,26+,27?,29-,30+,31?,32-,34?,35-,36-/m1/s1. The summed E-state index contributed by atoms with van der Waals surface area (Å²) in [5, 5.41) is 45.7. The number of ether oxygens (including phenoxy) is 6. The number of aliphatic hydroxyl groups excluding tert-OH is 3. The molecule has 0 radical (unpaired) electrons. The van der Waals surface area contributed by atoms with Crippen LogP contribution in [-0.4, -0.2) is 137 Å². The Morgan fingerprint density at radius 3 is 2.12 bits per heavy atom. The van der Waals surface area contributed by atoms with Crippen molar-refractivity contribution in [1.29, 1.82) is 0 Å². The van der Waals surface area contributed by atoms with Gasteiger partial charge in [-0.2, -0.15) is 0 Å². The zero-order valence-electron chi connectivity index (χ0n) is 31.7. The number of carbonyl (C=O) groups excluding carboxylic acids is 2. The highest BCUT2D eigenvalue weighted by molar-refractivity contribution is 5.83. The van der Waals surface area contributed by atoms with Gasteiger partial charge in [0.2, 0.25) is 0 Å². The van der Waals surface area contributed by atoms with Crippen molar-refractivity contribution < 1.29 is 58.4 Å². The first-order chi connectivity index (χ1) is 22.7. The zero-order valence-corrected chi connectivity index (χ0v) is 31.7. The summed E-state index contributed by atoms with van der Waals surface area (Å²) in [7, 11) is 5.23. The minimum absolute atomic E-state index is 0.0406. The summed E-state index contributed by atoms with van der Waals surface area (Å²) in [5.41, 5.74) is -2.72. The van der Waals surface area contributed by atoms with Gasteiger partial charge in [-0.15, -0.1) is 0 Å². The van der Waals surface area contributed by atoms with Gasteiger partial charge in [-0.25, -0.2) is 0 Å². The molecule has 49 heavy (non-hydrogen) atoms. The molecule has 0 aliphatic carbocycles. The van der Waals surface area contributed by atoms with E-state index in [1.54, 1.807) is 48.5 Å². The smallest absolute Gasteiger partial charge is 0.311 e. The summed E-state index contributed by atoms with van der Waals surface area (Å²) in [6.07, 6.45) is -7.71. The van der Waals surface area contributed by atoms with Gasteiger partial charge in [0, 0.05) is 43.7 Å². The maximum atomic E-state index is 13.9. The van der Waals surface area contributed by atoms with E-state index in [2.05, 4.69) is 0 Å². The first kappa shape index (κ1) is 42.2. The van der Waals surface area contributed by atoms with E-state index in [0.717, 1.165) is 0 Å². The molecular formula is C36H65NO12. The van der Waals surface area contributed by atoms with Crippen molar-refractivity contribution in [3.05, 3.63) is 0 Å². The lowest BCUT2D eigenvalue weighted by Crippen LogP contribution is -2.60. The predicted octanol–water partition coefficient (Wildman–Crippen LogP) is 2.42. The van der Waals surface area contributed by atoms with E-state index in [4.69, 9.17) is 28.4 Å². The SMILES string of the molecule is CC[C@@H]1C[C@H](O)[C@@H](C)C(=O)[C@H](C)C[C@@](C)(O)[C@H](OC2O[C@H](C)C[C@H](N(C)C)[C@H]2O)[C@@H](C)[C@H](OC2C[C@@](C)(OC)C(O)[C@H](C)O2)[C@@H](C)C(=O)O1. The van der Waals surface area contributed by atoms with Crippen LogP contribution >= 0.6 is 0 Å². The number of cyclic esters (lactones) is 1. The molecule has 3 rings (SSSR count). The van der Waals surface area contributed by atoms with Crippen molar-refractivity contribution in [2.75, 3.05) is 21.2 Å². The molecule has 0 aromatic heterocycles. The monoisotopic (exact) mass is 703 g/mol. The maximum absolute atomic E-state index is 13.9. The lowest BCUT2D eigenvalue weighted by Gasteiger charge is -2.48. The third-order valence-electron chi connectivity index (χ3n) is 11.3. The average molecular weight is 704 g/mol. The second-order valence-corrected chi connectivity index (χ2v) is 15.7. The van der Waals surface area contributed by atoms with Crippen LogP contribution in [0.4, 0.5) is 0 Å². The number of Topliss-reactive ketones (excluding diaryl/α,β-unsaturated/α-hetero) is 1. The molecule has 3 unspecified atom stereocenters. The van der Waals surface area contributed by atoms with E-state index in [-0.39, 0.29) is 37.2 Å². The quantitative estimate of drug-likeness (QED) is 0.285. The third kappa shape index (κ3) is 9.79. The lowest BCUT2D eigenvalue weighted by atomic mass is 9.75. The zero-order chi connectivity index (χ0) is 37.2. The van der Waals surface area contributed by atoms with Gasteiger partial charge >= 0.3 is 5.97 Å². The van der Waals surface area contributed by atoms with Crippen molar-refractivity contribution in [3.63, 3.8) is 0 Å². The fraction of sp³-hybridized carbons (Fsp3) is 0.944. The first-order valence-corrected chi connectivity index (χ1v) is 18.0. The van der Waals surface area contributed by atoms with Crippen molar-refractivity contribution in [2.45, 2.75) is 173 Å². The molecule has 0 amide bonds. The van der Waals surface area contributed by atoms with Crippen LogP contribution in [0.2, 0.25) is 0 Å². The summed E-state index contributed by atoms with van der Waals surface area (Å²) >= 11 is 0. The molecule has 13 nitrogen and oxygen atoms in total. The molecule has 0 aromatic rings. The van der Waals surface area contributed by atoms with Crippen molar-refractivity contribution in [3.8, 4) is 0 Å². The van der Waals surface area contributed by atoms with Crippen LogP contribution in [0.5, 0.6) is 0 Å². The molecule has 3 aliphatic rings. The number of hydrogen-bond acceptors (Lipinski definition) is 13. The van der Waals surface area contributed by atoms with E-state index in [1.165, 1.54) is 7.11 Å². The molecule has 0 spiro atoms. The molecule has 3 saturated heterocycles. The van der Waals surface area contributed by atoms with E-state index in [0.29, 0.717) is 12.8 Å². The summed E-state index contributed by atoms with van der Waals surface area (Å²) in [4.78, 5) is 29.4. The second kappa shape index (κ2) is 17.0. The third-order valence-corrected chi connectivity index (χ3v) is 11.3. The van der Waals surface area contributed by atoms with Crippen LogP contribution in [0, 0.1) is 23.7 Å². The van der Waals surface area contributed by atoms with Crippen molar-refractivity contribution >= 4 is 11.8 Å². The summed E-state index contributed by atoms with van der Waals surface area (Å²) < 4.78 is 37.1. The molecule has 3 heterocycles. The van der Waals surface area contributed by atoms with Gasteiger partial charge in [-0.1, -0.05) is 27.7 Å². The van der Waals surface area contributed by atoms with Crippen molar-refractivity contribution in [2.24, 2.45) is 23.7 Å². The number of methoxy groups -OCH3 is 1.